The number of anilines is 1. The first-order valence-corrected chi connectivity index (χ1v) is 9.04. The topological polar surface area (TPSA) is 92.2 Å². The van der Waals surface area contributed by atoms with E-state index in [1.807, 2.05) is 12.1 Å². The number of nitrogens with one attached hydrogen (secondary N) is 1. The van der Waals surface area contributed by atoms with Crippen LogP contribution in [0.15, 0.2) is 73.1 Å². The molecule has 2 aromatic carbocycles. The quantitative estimate of drug-likeness (QED) is 0.505. The van der Waals surface area contributed by atoms with E-state index in [9.17, 15) is 9.59 Å². The van der Waals surface area contributed by atoms with Gasteiger partial charge in [-0.3, -0.25) is 9.78 Å². The predicted octanol–water partition coefficient (Wildman–Crippen LogP) is 4.90. The second-order valence-corrected chi connectivity index (χ2v) is 6.73. The number of carboxylic acid groups (broad SMARTS) is 1. The molecule has 0 saturated heterocycles. The van der Waals surface area contributed by atoms with E-state index in [1.165, 1.54) is 12.1 Å². The van der Waals surface area contributed by atoms with E-state index in [2.05, 4.69) is 15.3 Å². The van der Waals surface area contributed by atoms with Gasteiger partial charge in [-0.1, -0.05) is 11.6 Å². The Bertz CT molecular complexity index is 1230. The summed E-state index contributed by atoms with van der Waals surface area (Å²) in [7, 11) is 0. The Morgan fingerprint density at radius 2 is 1.66 bits per heavy atom. The predicted molar refractivity (Wildman–Crippen MR) is 111 cm³/mol. The molecule has 0 aliphatic rings. The number of aromatic carboxylic acids is 1. The third-order valence-electron chi connectivity index (χ3n) is 4.38. The molecule has 0 aliphatic heterocycles. The number of hydrogen-bond acceptors (Lipinski definition) is 4. The lowest BCUT2D eigenvalue weighted by Crippen LogP contribution is -2.13. The number of aromatic nitrogens is 2. The van der Waals surface area contributed by atoms with Gasteiger partial charge in [0, 0.05) is 34.1 Å². The molecular formula is C22H14ClN3O3. The number of amides is 1. The summed E-state index contributed by atoms with van der Waals surface area (Å²) in [5.74, 6) is -1.38. The van der Waals surface area contributed by atoms with E-state index in [0.717, 1.165) is 5.56 Å². The largest absolute Gasteiger partial charge is 0.478 e. The fourth-order valence-electron chi connectivity index (χ4n) is 2.95. The summed E-state index contributed by atoms with van der Waals surface area (Å²) < 4.78 is 0. The Labute approximate surface area is 170 Å². The molecule has 7 heteroatoms. The van der Waals surface area contributed by atoms with Crippen molar-refractivity contribution in [2.24, 2.45) is 0 Å². The van der Waals surface area contributed by atoms with E-state index >= 15 is 0 Å². The zero-order valence-corrected chi connectivity index (χ0v) is 15.7. The van der Waals surface area contributed by atoms with Gasteiger partial charge in [-0.05, 0) is 60.7 Å². The van der Waals surface area contributed by atoms with Gasteiger partial charge >= 0.3 is 5.97 Å². The van der Waals surface area contributed by atoms with Crippen LogP contribution in [0.2, 0.25) is 5.02 Å². The zero-order valence-electron chi connectivity index (χ0n) is 15.0. The number of carbonyl (C=O) groups excluding carboxylic acids is 1. The van der Waals surface area contributed by atoms with Gasteiger partial charge < -0.3 is 10.4 Å². The van der Waals surface area contributed by atoms with Crippen molar-refractivity contribution in [3.05, 3.63) is 89.2 Å². The highest BCUT2D eigenvalue weighted by Crippen LogP contribution is 2.27. The van der Waals surface area contributed by atoms with Gasteiger partial charge in [-0.25, -0.2) is 9.78 Å². The van der Waals surface area contributed by atoms with Crippen LogP contribution in [0, 0.1) is 0 Å². The number of nitrogens with zero attached hydrogens (tertiary/aromatic N) is 2. The maximum Gasteiger partial charge on any atom is 0.335 e. The second-order valence-electron chi connectivity index (χ2n) is 6.29. The minimum Gasteiger partial charge on any atom is -0.478 e. The Balaban J connectivity index is 1.77. The number of carboxylic acids is 1. The average molecular weight is 404 g/mol. The zero-order chi connectivity index (χ0) is 20.4. The summed E-state index contributed by atoms with van der Waals surface area (Å²) >= 11 is 6.14. The van der Waals surface area contributed by atoms with Crippen LogP contribution in [-0.2, 0) is 0 Å². The van der Waals surface area contributed by atoms with Gasteiger partial charge in [0.15, 0.2) is 0 Å². The number of fused-ring (bicyclic) bond motifs is 1. The summed E-state index contributed by atoms with van der Waals surface area (Å²) in [5.41, 5.74) is 3.13. The van der Waals surface area contributed by atoms with Gasteiger partial charge in [0.2, 0.25) is 0 Å². The molecule has 142 valence electrons. The minimum atomic E-state index is -1.03. The number of rotatable bonds is 4. The van der Waals surface area contributed by atoms with Gasteiger partial charge in [-0.15, -0.1) is 0 Å². The Morgan fingerprint density at radius 1 is 0.931 bits per heavy atom. The van der Waals surface area contributed by atoms with Crippen LogP contribution in [-0.4, -0.2) is 27.0 Å². The molecule has 0 bridgehead atoms. The normalized spacial score (nSPS) is 10.7. The van der Waals surface area contributed by atoms with E-state index < -0.39 is 5.97 Å². The summed E-state index contributed by atoms with van der Waals surface area (Å²) in [6.07, 6.45) is 3.32. The van der Waals surface area contributed by atoms with Crippen molar-refractivity contribution < 1.29 is 14.7 Å². The molecule has 0 saturated carbocycles. The fourth-order valence-corrected chi connectivity index (χ4v) is 3.12. The van der Waals surface area contributed by atoms with Crippen LogP contribution in [0.25, 0.3) is 22.2 Å². The van der Waals surface area contributed by atoms with Crippen LogP contribution >= 0.6 is 11.6 Å². The highest BCUT2D eigenvalue weighted by atomic mass is 35.5. The lowest BCUT2D eigenvalue weighted by atomic mass is 10.0. The average Bonchev–Trinajstić information content (AvgIpc) is 2.74. The first-order chi connectivity index (χ1) is 14.0. The third-order valence-corrected chi connectivity index (χ3v) is 4.62. The fraction of sp³-hybridized carbons (Fsp3) is 0. The number of pyridine rings is 2. The monoisotopic (exact) mass is 403 g/mol. The molecule has 29 heavy (non-hydrogen) atoms. The molecule has 2 aromatic heterocycles. The van der Waals surface area contributed by atoms with Gasteiger partial charge in [0.05, 0.1) is 22.3 Å². The molecular weight excluding hydrogens is 390 g/mol. The molecule has 0 unspecified atom stereocenters. The van der Waals surface area contributed by atoms with Crippen LogP contribution < -0.4 is 5.32 Å². The van der Waals surface area contributed by atoms with Gasteiger partial charge in [-0.2, -0.15) is 0 Å². The van der Waals surface area contributed by atoms with Crippen LogP contribution in [0.5, 0.6) is 0 Å². The lowest BCUT2D eigenvalue weighted by Gasteiger charge is -2.11. The van der Waals surface area contributed by atoms with Crippen molar-refractivity contribution in [2.75, 3.05) is 5.32 Å². The molecule has 0 radical (unpaired) electrons. The highest BCUT2D eigenvalue weighted by molar-refractivity contribution is 6.31. The van der Waals surface area contributed by atoms with E-state index in [0.29, 0.717) is 32.9 Å². The van der Waals surface area contributed by atoms with Crippen molar-refractivity contribution in [2.45, 2.75) is 0 Å². The maximum absolute atomic E-state index is 13.0. The summed E-state index contributed by atoms with van der Waals surface area (Å²) in [5, 5.41) is 12.9. The summed E-state index contributed by atoms with van der Waals surface area (Å²) in [6, 6.07) is 16.5. The van der Waals surface area contributed by atoms with Crippen molar-refractivity contribution in [1.29, 1.82) is 0 Å². The maximum atomic E-state index is 13.0. The molecule has 1 amide bonds. The molecule has 2 heterocycles. The minimum absolute atomic E-state index is 0.143. The van der Waals surface area contributed by atoms with Gasteiger partial charge in [0.1, 0.15) is 0 Å². The van der Waals surface area contributed by atoms with Crippen molar-refractivity contribution in [1.82, 2.24) is 9.97 Å². The molecule has 4 rings (SSSR count). The summed E-state index contributed by atoms with van der Waals surface area (Å²) in [6.45, 7) is 0. The van der Waals surface area contributed by atoms with E-state index in [-0.39, 0.29) is 11.5 Å². The van der Waals surface area contributed by atoms with Crippen LogP contribution in [0.3, 0.4) is 0 Å². The number of carbonyl (C=O) groups is 2. The van der Waals surface area contributed by atoms with E-state index in [1.54, 1.807) is 48.8 Å². The smallest absolute Gasteiger partial charge is 0.335 e. The standard InChI is InChI=1S/C22H14ClN3O3/c23-15-3-6-19-17(11-15)18(12-20(26-19)13-7-9-24-10-8-13)21(27)25-16-4-1-14(2-5-16)22(28)29/h1-12H,(H,25,27)(H,28,29). The van der Waals surface area contributed by atoms with E-state index in [4.69, 9.17) is 16.7 Å². The number of benzene rings is 2. The first-order valence-electron chi connectivity index (χ1n) is 8.67. The van der Waals surface area contributed by atoms with Crippen molar-refractivity contribution in [3.8, 4) is 11.3 Å². The Hall–Kier alpha value is -3.77. The Morgan fingerprint density at radius 3 is 2.34 bits per heavy atom. The molecule has 0 fully saturated rings. The molecule has 6 nitrogen and oxygen atoms in total. The van der Waals surface area contributed by atoms with Crippen molar-refractivity contribution >= 4 is 40.1 Å². The molecule has 4 aromatic rings. The SMILES string of the molecule is O=C(O)c1ccc(NC(=O)c2cc(-c3ccncc3)nc3ccc(Cl)cc23)cc1. The van der Waals surface area contributed by atoms with Gasteiger partial charge in [0.25, 0.3) is 5.91 Å². The highest BCUT2D eigenvalue weighted by Gasteiger charge is 2.15. The molecule has 0 spiro atoms. The molecule has 0 atom stereocenters. The van der Waals surface area contributed by atoms with Crippen molar-refractivity contribution in [3.63, 3.8) is 0 Å². The lowest BCUT2D eigenvalue weighted by molar-refractivity contribution is 0.0696. The summed E-state index contributed by atoms with van der Waals surface area (Å²) in [4.78, 5) is 32.7. The molecule has 0 aliphatic carbocycles. The van der Waals surface area contributed by atoms with Crippen LogP contribution in [0.4, 0.5) is 5.69 Å². The number of hydrogen-bond donors (Lipinski definition) is 2. The first kappa shape index (κ1) is 18.6. The molecule has 2 N–H and O–H groups in total. The Kier molecular flexibility index (Phi) is 4.93. The third kappa shape index (κ3) is 3.93. The second kappa shape index (κ2) is 7.69. The van der Waals surface area contributed by atoms with Crippen LogP contribution in [0.1, 0.15) is 20.7 Å². The number of halogens is 1.